The summed E-state index contributed by atoms with van der Waals surface area (Å²) in [4.78, 5) is 12.1. The number of carbonyl (C=O) groups is 1. The molecule has 0 unspecified atom stereocenters. The lowest BCUT2D eigenvalue weighted by Crippen LogP contribution is -2.17. The zero-order valence-electron chi connectivity index (χ0n) is 13.0. The molecule has 3 atom stereocenters. The average molecular weight is 312 g/mol. The summed E-state index contributed by atoms with van der Waals surface area (Å²) in [5, 5.41) is 11.6. The summed E-state index contributed by atoms with van der Waals surface area (Å²) in [7, 11) is 0. The van der Waals surface area contributed by atoms with E-state index in [1.165, 1.54) is 25.7 Å². The predicted octanol–water partition coefficient (Wildman–Crippen LogP) is 2.53. The van der Waals surface area contributed by atoms with Crippen molar-refractivity contribution in [3.8, 4) is 5.69 Å². The van der Waals surface area contributed by atoms with E-state index < -0.39 is 0 Å². The van der Waals surface area contributed by atoms with Gasteiger partial charge in [0, 0.05) is 6.42 Å². The maximum atomic E-state index is 12.1. The molecule has 2 aliphatic carbocycles. The van der Waals surface area contributed by atoms with E-state index in [9.17, 15) is 4.79 Å². The monoisotopic (exact) mass is 312 g/mol. The van der Waals surface area contributed by atoms with E-state index in [1.54, 1.807) is 4.68 Å². The molecule has 1 heterocycles. The molecule has 0 radical (unpaired) electrons. The number of tetrazole rings is 1. The standard InChI is InChI=1S/C17H20N4O2/c22-17(10-14-9-12-6-7-13(14)8-12)23-11-16-18-19-20-21(16)15-4-2-1-3-5-15/h1-5,12-14H,6-11H2/t12-,13-,14-/m0/s1. The van der Waals surface area contributed by atoms with Gasteiger partial charge >= 0.3 is 5.97 Å². The second-order valence-corrected chi connectivity index (χ2v) is 6.64. The Morgan fingerprint density at radius 2 is 2.09 bits per heavy atom. The van der Waals surface area contributed by atoms with Crippen molar-refractivity contribution in [2.45, 2.75) is 38.7 Å². The largest absolute Gasteiger partial charge is 0.457 e. The number of nitrogens with zero attached hydrogens (tertiary/aromatic N) is 4. The van der Waals surface area contributed by atoms with Gasteiger partial charge in [-0.25, -0.2) is 0 Å². The third kappa shape index (κ3) is 2.98. The molecule has 0 saturated heterocycles. The number of ether oxygens (including phenoxy) is 1. The van der Waals surface area contributed by atoms with Crippen LogP contribution in [0.4, 0.5) is 0 Å². The van der Waals surface area contributed by atoms with E-state index >= 15 is 0 Å². The maximum absolute atomic E-state index is 12.1. The Kier molecular flexibility index (Phi) is 3.81. The van der Waals surface area contributed by atoms with Crippen molar-refractivity contribution in [1.82, 2.24) is 20.2 Å². The zero-order chi connectivity index (χ0) is 15.6. The third-order valence-electron chi connectivity index (χ3n) is 5.21. The van der Waals surface area contributed by atoms with Crippen LogP contribution in [0.3, 0.4) is 0 Å². The van der Waals surface area contributed by atoms with Gasteiger partial charge in [-0.3, -0.25) is 4.79 Å². The third-order valence-corrected chi connectivity index (χ3v) is 5.21. The minimum atomic E-state index is -0.134. The molecule has 1 aromatic carbocycles. The molecule has 2 fully saturated rings. The summed E-state index contributed by atoms with van der Waals surface area (Å²) >= 11 is 0. The van der Waals surface area contributed by atoms with Gasteiger partial charge in [0.15, 0.2) is 12.4 Å². The average Bonchev–Trinajstić information content (AvgIpc) is 3.30. The Bertz CT molecular complexity index is 685. The van der Waals surface area contributed by atoms with Crippen molar-refractivity contribution in [2.24, 2.45) is 17.8 Å². The van der Waals surface area contributed by atoms with Gasteiger partial charge in [-0.2, -0.15) is 4.68 Å². The summed E-state index contributed by atoms with van der Waals surface area (Å²) < 4.78 is 7.02. The number of para-hydroxylation sites is 1. The number of esters is 1. The molecule has 2 saturated carbocycles. The number of carbonyl (C=O) groups excluding carboxylic acids is 1. The molecular weight excluding hydrogens is 292 g/mol. The van der Waals surface area contributed by atoms with E-state index in [4.69, 9.17) is 4.74 Å². The molecule has 6 nitrogen and oxygen atoms in total. The fourth-order valence-electron chi connectivity index (χ4n) is 4.11. The Morgan fingerprint density at radius 1 is 1.22 bits per heavy atom. The highest BCUT2D eigenvalue weighted by atomic mass is 16.5. The van der Waals surface area contributed by atoms with Crippen LogP contribution in [-0.2, 0) is 16.1 Å². The zero-order valence-corrected chi connectivity index (χ0v) is 13.0. The number of benzene rings is 1. The Balaban J connectivity index is 1.35. The number of fused-ring (bicyclic) bond motifs is 2. The van der Waals surface area contributed by atoms with Crippen molar-refractivity contribution in [2.75, 3.05) is 0 Å². The van der Waals surface area contributed by atoms with Crippen molar-refractivity contribution in [3.63, 3.8) is 0 Å². The SMILES string of the molecule is O=C(C[C@@H]1C[C@H]2CC[C@H]1C2)OCc1nnnn1-c1ccccc1. The van der Waals surface area contributed by atoms with Crippen molar-refractivity contribution >= 4 is 5.97 Å². The fraction of sp³-hybridized carbons (Fsp3) is 0.529. The van der Waals surface area contributed by atoms with Crippen molar-refractivity contribution in [3.05, 3.63) is 36.2 Å². The van der Waals surface area contributed by atoms with Crippen LogP contribution in [0.2, 0.25) is 0 Å². The molecule has 0 aliphatic heterocycles. The van der Waals surface area contributed by atoms with Gasteiger partial charge in [-0.05, 0) is 59.6 Å². The number of aromatic nitrogens is 4. The first-order valence-electron chi connectivity index (χ1n) is 8.28. The highest BCUT2D eigenvalue weighted by Gasteiger charge is 2.40. The molecule has 120 valence electrons. The van der Waals surface area contributed by atoms with Gasteiger partial charge in [0.2, 0.25) is 0 Å². The van der Waals surface area contributed by atoms with E-state index in [2.05, 4.69) is 15.5 Å². The molecule has 2 aliphatic rings. The van der Waals surface area contributed by atoms with Gasteiger partial charge in [-0.1, -0.05) is 24.6 Å². The van der Waals surface area contributed by atoms with Crippen molar-refractivity contribution in [1.29, 1.82) is 0 Å². The van der Waals surface area contributed by atoms with Crippen LogP contribution in [0.1, 0.15) is 37.9 Å². The van der Waals surface area contributed by atoms with Gasteiger partial charge in [0.05, 0.1) is 5.69 Å². The van der Waals surface area contributed by atoms with E-state index in [-0.39, 0.29) is 12.6 Å². The summed E-state index contributed by atoms with van der Waals surface area (Å²) in [5.41, 5.74) is 0.858. The first-order chi connectivity index (χ1) is 11.3. The Hall–Kier alpha value is -2.24. The quantitative estimate of drug-likeness (QED) is 0.794. The van der Waals surface area contributed by atoms with Crippen LogP contribution in [0.5, 0.6) is 0 Å². The first kappa shape index (κ1) is 14.4. The van der Waals surface area contributed by atoms with E-state index in [0.29, 0.717) is 18.2 Å². The highest BCUT2D eigenvalue weighted by Crippen LogP contribution is 2.49. The van der Waals surface area contributed by atoms with Crippen LogP contribution in [0.15, 0.2) is 30.3 Å². The summed E-state index contributed by atoms with van der Waals surface area (Å²) in [6.45, 7) is 0.113. The van der Waals surface area contributed by atoms with Gasteiger partial charge < -0.3 is 4.74 Å². The van der Waals surface area contributed by atoms with Crippen LogP contribution in [0, 0.1) is 17.8 Å². The number of hydrogen-bond acceptors (Lipinski definition) is 5. The van der Waals surface area contributed by atoms with E-state index in [1.807, 2.05) is 30.3 Å². The molecule has 23 heavy (non-hydrogen) atoms. The molecule has 0 N–H and O–H groups in total. The molecule has 0 amide bonds. The summed E-state index contributed by atoms with van der Waals surface area (Å²) in [6, 6.07) is 9.60. The Labute approximate surface area is 134 Å². The molecule has 4 rings (SSSR count). The summed E-state index contributed by atoms with van der Waals surface area (Å²) in [6.07, 6.45) is 5.68. The fourth-order valence-corrected chi connectivity index (χ4v) is 4.11. The Morgan fingerprint density at radius 3 is 2.83 bits per heavy atom. The topological polar surface area (TPSA) is 69.9 Å². The molecule has 2 bridgehead atoms. The second kappa shape index (κ2) is 6.10. The van der Waals surface area contributed by atoms with Crippen LogP contribution in [-0.4, -0.2) is 26.2 Å². The molecule has 1 aromatic heterocycles. The minimum absolute atomic E-state index is 0.113. The predicted molar refractivity (Wildman–Crippen MR) is 82.5 cm³/mol. The van der Waals surface area contributed by atoms with Crippen LogP contribution < -0.4 is 0 Å². The smallest absolute Gasteiger partial charge is 0.306 e. The molecule has 2 aromatic rings. The second-order valence-electron chi connectivity index (χ2n) is 6.64. The lowest BCUT2D eigenvalue weighted by molar-refractivity contribution is -0.146. The lowest BCUT2D eigenvalue weighted by Gasteiger charge is -2.20. The molecule has 6 heteroatoms. The van der Waals surface area contributed by atoms with Gasteiger partial charge in [0.1, 0.15) is 0 Å². The van der Waals surface area contributed by atoms with E-state index in [0.717, 1.165) is 17.5 Å². The molecule has 0 spiro atoms. The van der Waals surface area contributed by atoms with Crippen LogP contribution in [0.25, 0.3) is 5.69 Å². The molecular formula is C17H20N4O2. The minimum Gasteiger partial charge on any atom is -0.457 e. The number of rotatable bonds is 5. The van der Waals surface area contributed by atoms with Gasteiger partial charge in [-0.15, -0.1) is 5.10 Å². The highest BCUT2D eigenvalue weighted by molar-refractivity contribution is 5.69. The summed E-state index contributed by atoms with van der Waals surface area (Å²) in [5.74, 6) is 2.51. The normalized spacial score (nSPS) is 25.7. The maximum Gasteiger partial charge on any atom is 0.306 e. The van der Waals surface area contributed by atoms with Gasteiger partial charge in [0.25, 0.3) is 0 Å². The van der Waals surface area contributed by atoms with Crippen LogP contribution >= 0.6 is 0 Å². The van der Waals surface area contributed by atoms with Crippen molar-refractivity contribution < 1.29 is 9.53 Å². The number of hydrogen-bond donors (Lipinski definition) is 0. The lowest BCUT2D eigenvalue weighted by atomic mass is 9.86. The first-order valence-corrected chi connectivity index (χ1v) is 8.28.